The molecular weight excluding hydrogens is 350 g/mol. The highest BCUT2D eigenvalue weighted by Crippen LogP contribution is 2.37. The van der Waals surface area contributed by atoms with Crippen molar-refractivity contribution >= 4 is 5.65 Å². The fourth-order valence-corrected chi connectivity index (χ4v) is 4.49. The van der Waals surface area contributed by atoms with Gasteiger partial charge in [-0.25, -0.2) is 0 Å². The van der Waals surface area contributed by atoms with E-state index >= 15 is 0 Å². The van der Waals surface area contributed by atoms with Gasteiger partial charge in [-0.2, -0.15) is 0 Å². The van der Waals surface area contributed by atoms with Crippen molar-refractivity contribution in [2.24, 2.45) is 5.73 Å². The molecule has 0 bridgehead atoms. The molecule has 6 nitrogen and oxygen atoms in total. The number of fused-ring (bicyclic) bond motifs is 2. The van der Waals surface area contributed by atoms with E-state index < -0.39 is 0 Å². The Hall–Kier alpha value is -2.44. The van der Waals surface area contributed by atoms with Gasteiger partial charge in [-0.1, -0.05) is 24.3 Å². The van der Waals surface area contributed by atoms with Gasteiger partial charge in [-0.15, -0.1) is 10.2 Å². The first-order valence-electron chi connectivity index (χ1n) is 10.3. The Morgan fingerprint density at radius 1 is 1.00 bits per heavy atom. The van der Waals surface area contributed by atoms with Crippen LogP contribution in [0.2, 0.25) is 0 Å². The van der Waals surface area contributed by atoms with Crippen molar-refractivity contribution < 1.29 is 4.74 Å². The summed E-state index contributed by atoms with van der Waals surface area (Å²) in [6, 6.07) is 12.5. The maximum atomic E-state index is 6.40. The average Bonchev–Trinajstić information content (AvgIpc) is 3.38. The third-order valence-electron chi connectivity index (χ3n) is 6.06. The van der Waals surface area contributed by atoms with Crippen molar-refractivity contribution in [3.8, 4) is 5.75 Å². The smallest absolute Gasteiger partial charge is 0.161 e. The Kier molecular flexibility index (Phi) is 4.74. The van der Waals surface area contributed by atoms with E-state index in [9.17, 15) is 0 Å². The molecule has 1 aromatic carbocycles. The van der Waals surface area contributed by atoms with Gasteiger partial charge in [0.1, 0.15) is 17.7 Å². The maximum absolute atomic E-state index is 6.40. The van der Waals surface area contributed by atoms with Gasteiger partial charge in [-0.05, 0) is 62.0 Å². The standard InChI is InChI=1S/C22H27N5O/c23-19-8-9-20(18-6-2-1-5-17(18)19)28-16-7-10-21-24-25-22(27(21)15-16)11-14-26-12-3-4-13-26/h1-2,5-7,10,15,19-20H,3-4,8-9,11-14,23H2/t19-,20+/m0/s1. The first kappa shape index (κ1) is 17.6. The van der Waals surface area contributed by atoms with E-state index in [1.807, 2.05) is 18.3 Å². The lowest BCUT2D eigenvalue weighted by atomic mass is 9.86. The Morgan fingerprint density at radius 2 is 1.82 bits per heavy atom. The number of ether oxygens (including phenoxy) is 1. The molecule has 2 atom stereocenters. The Bertz CT molecular complexity index is 962. The summed E-state index contributed by atoms with van der Waals surface area (Å²) in [6.07, 6.45) is 7.48. The lowest BCUT2D eigenvalue weighted by molar-refractivity contribution is 0.176. The minimum absolute atomic E-state index is 0.0398. The number of benzene rings is 1. The topological polar surface area (TPSA) is 68.7 Å². The third kappa shape index (κ3) is 3.38. The molecule has 0 saturated carbocycles. The number of pyridine rings is 1. The molecule has 2 aliphatic rings. The van der Waals surface area contributed by atoms with E-state index in [4.69, 9.17) is 10.5 Å². The lowest BCUT2D eigenvalue weighted by Gasteiger charge is -2.30. The molecule has 0 unspecified atom stereocenters. The second-order valence-corrected chi connectivity index (χ2v) is 7.93. The molecule has 1 aliphatic heterocycles. The molecule has 0 amide bonds. The Morgan fingerprint density at radius 3 is 2.68 bits per heavy atom. The zero-order chi connectivity index (χ0) is 18.9. The fraction of sp³-hybridized carbons (Fsp3) is 0.455. The molecule has 28 heavy (non-hydrogen) atoms. The maximum Gasteiger partial charge on any atom is 0.161 e. The van der Waals surface area contributed by atoms with Crippen LogP contribution in [0.5, 0.6) is 5.75 Å². The van der Waals surface area contributed by atoms with Crippen LogP contribution in [0.25, 0.3) is 5.65 Å². The summed E-state index contributed by atoms with van der Waals surface area (Å²) in [5.74, 6) is 1.85. The van der Waals surface area contributed by atoms with Gasteiger partial charge < -0.3 is 15.4 Å². The molecule has 3 aromatic rings. The fourth-order valence-electron chi connectivity index (χ4n) is 4.49. The molecule has 2 aromatic heterocycles. The summed E-state index contributed by atoms with van der Waals surface area (Å²) in [5.41, 5.74) is 9.57. The van der Waals surface area contributed by atoms with Crippen LogP contribution in [0.15, 0.2) is 42.6 Å². The predicted molar refractivity (Wildman–Crippen MR) is 108 cm³/mol. The number of rotatable bonds is 5. The second kappa shape index (κ2) is 7.53. The van der Waals surface area contributed by atoms with E-state index in [1.54, 1.807) is 0 Å². The largest absolute Gasteiger partial charge is 0.484 e. The summed E-state index contributed by atoms with van der Waals surface area (Å²) in [4.78, 5) is 2.50. The van der Waals surface area contributed by atoms with Gasteiger partial charge in [0.25, 0.3) is 0 Å². The molecular formula is C22H27N5O. The zero-order valence-electron chi connectivity index (χ0n) is 16.1. The van der Waals surface area contributed by atoms with Crippen molar-refractivity contribution in [3.05, 3.63) is 59.5 Å². The van der Waals surface area contributed by atoms with Gasteiger partial charge in [0.05, 0.1) is 6.20 Å². The molecule has 0 radical (unpaired) electrons. The van der Waals surface area contributed by atoms with Gasteiger partial charge in [-0.3, -0.25) is 4.40 Å². The SMILES string of the molecule is N[C@H]1CC[C@@H](Oc2ccc3nnc(CCN4CCCC4)n3c2)c2ccccc21. The first-order valence-corrected chi connectivity index (χ1v) is 10.3. The number of nitrogens with zero attached hydrogens (tertiary/aromatic N) is 4. The quantitative estimate of drug-likeness (QED) is 0.739. The van der Waals surface area contributed by atoms with Crippen LogP contribution in [0, 0.1) is 0 Å². The van der Waals surface area contributed by atoms with Crippen LogP contribution in [-0.2, 0) is 6.42 Å². The Balaban J connectivity index is 1.36. The molecule has 3 heterocycles. The average molecular weight is 377 g/mol. The zero-order valence-corrected chi connectivity index (χ0v) is 16.1. The van der Waals surface area contributed by atoms with Gasteiger partial charge in [0.15, 0.2) is 5.65 Å². The highest BCUT2D eigenvalue weighted by molar-refractivity contribution is 5.42. The molecule has 1 aliphatic carbocycles. The molecule has 5 rings (SSSR count). The number of aromatic nitrogens is 3. The van der Waals surface area contributed by atoms with Crippen molar-refractivity contribution in [2.75, 3.05) is 19.6 Å². The van der Waals surface area contributed by atoms with Crippen LogP contribution >= 0.6 is 0 Å². The van der Waals surface area contributed by atoms with Crippen molar-refractivity contribution in [2.45, 2.75) is 44.2 Å². The minimum atomic E-state index is 0.0398. The second-order valence-electron chi connectivity index (χ2n) is 7.93. The monoisotopic (exact) mass is 377 g/mol. The summed E-state index contributed by atoms with van der Waals surface area (Å²) in [7, 11) is 0. The minimum Gasteiger partial charge on any atom is -0.484 e. The number of hydrogen-bond donors (Lipinski definition) is 1. The van der Waals surface area contributed by atoms with Crippen LogP contribution in [0.4, 0.5) is 0 Å². The molecule has 2 N–H and O–H groups in total. The first-order chi connectivity index (χ1) is 13.8. The normalized spacial score (nSPS) is 22.5. The van der Waals surface area contributed by atoms with E-state index in [0.717, 1.165) is 43.0 Å². The number of nitrogens with two attached hydrogens (primary N) is 1. The van der Waals surface area contributed by atoms with Crippen LogP contribution in [0.3, 0.4) is 0 Å². The number of likely N-dealkylation sites (tertiary alicyclic amines) is 1. The van der Waals surface area contributed by atoms with Gasteiger partial charge >= 0.3 is 0 Å². The molecule has 1 fully saturated rings. The van der Waals surface area contributed by atoms with Gasteiger partial charge in [0.2, 0.25) is 0 Å². The van der Waals surface area contributed by atoms with E-state index in [1.165, 1.54) is 37.1 Å². The van der Waals surface area contributed by atoms with Crippen LogP contribution in [-0.4, -0.2) is 39.1 Å². The molecule has 0 spiro atoms. The third-order valence-corrected chi connectivity index (χ3v) is 6.06. The highest BCUT2D eigenvalue weighted by Gasteiger charge is 2.26. The number of hydrogen-bond acceptors (Lipinski definition) is 5. The van der Waals surface area contributed by atoms with E-state index in [0.29, 0.717) is 0 Å². The van der Waals surface area contributed by atoms with E-state index in [2.05, 4.69) is 43.8 Å². The Labute approximate surface area is 165 Å². The summed E-state index contributed by atoms with van der Waals surface area (Å²) < 4.78 is 8.47. The summed E-state index contributed by atoms with van der Waals surface area (Å²) in [5, 5.41) is 8.72. The van der Waals surface area contributed by atoms with E-state index in [-0.39, 0.29) is 12.1 Å². The summed E-state index contributed by atoms with van der Waals surface area (Å²) in [6.45, 7) is 3.45. The molecule has 1 saturated heterocycles. The summed E-state index contributed by atoms with van der Waals surface area (Å²) >= 11 is 0. The predicted octanol–water partition coefficient (Wildman–Crippen LogP) is 3.28. The van der Waals surface area contributed by atoms with Gasteiger partial charge in [0, 0.05) is 19.0 Å². The van der Waals surface area contributed by atoms with Crippen LogP contribution < -0.4 is 10.5 Å². The molecule has 6 heteroatoms. The van der Waals surface area contributed by atoms with Crippen molar-refractivity contribution in [1.29, 1.82) is 0 Å². The molecule has 146 valence electrons. The van der Waals surface area contributed by atoms with Crippen molar-refractivity contribution in [3.63, 3.8) is 0 Å². The highest BCUT2D eigenvalue weighted by atomic mass is 16.5. The lowest BCUT2D eigenvalue weighted by Crippen LogP contribution is -2.23. The van der Waals surface area contributed by atoms with Crippen molar-refractivity contribution in [1.82, 2.24) is 19.5 Å². The van der Waals surface area contributed by atoms with Crippen LogP contribution in [0.1, 0.15) is 54.8 Å².